The minimum atomic E-state index is -4.80. The van der Waals surface area contributed by atoms with Crippen LogP contribution in [0.25, 0.3) is 5.70 Å². The molecular weight excluding hydrogens is 413 g/mol. The van der Waals surface area contributed by atoms with E-state index in [4.69, 9.17) is 0 Å². The van der Waals surface area contributed by atoms with E-state index in [1.807, 2.05) is 0 Å². The number of nitrogens with zero attached hydrogens (tertiary/aromatic N) is 1. The minimum absolute atomic E-state index is 0.0759. The molecule has 0 aliphatic carbocycles. The second kappa shape index (κ2) is 8.17. The summed E-state index contributed by atoms with van der Waals surface area (Å²) in [5.74, 6) is -3.86. The van der Waals surface area contributed by atoms with E-state index < -0.39 is 47.0 Å². The van der Waals surface area contributed by atoms with Gasteiger partial charge in [0.15, 0.2) is 11.6 Å². The minimum Gasteiger partial charge on any atom is -0.355 e. The molecule has 0 atom stereocenters. The van der Waals surface area contributed by atoms with Gasteiger partial charge in [0.25, 0.3) is 0 Å². The molecule has 0 saturated carbocycles. The molecule has 30 heavy (non-hydrogen) atoms. The maximum atomic E-state index is 14.5. The van der Waals surface area contributed by atoms with E-state index in [0.717, 1.165) is 30.6 Å². The van der Waals surface area contributed by atoms with Crippen LogP contribution in [-0.2, 0) is 12.6 Å². The number of halogens is 7. The van der Waals surface area contributed by atoms with Crippen LogP contribution in [0.5, 0.6) is 0 Å². The fraction of sp³-hybridized carbons (Fsp3) is 0.0952. The van der Waals surface area contributed by atoms with Gasteiger partial charge in [0.1, 0.15) is 11.6 Å². The summed E-state index contributed by atoms with van der Waals surface area (Å²) in [7, 11) is 0. The Hall–Kier alpha value is -3.36. The number of aromatic nitrogens is 1. The fourth-order valence-corrected chi connectivity index (χ4v) is 2.88. The summed E-state index contributed by atoms with van der Waals surface area (Å²) in [5, 5.41) is 2.54. The van der Waals surface area contributed by atoms with Crippen molar-refractivity contribution < 1.29 is 30.7 Å². The van der Waals surface area contributed by atoms with Crippen molar-refractivity contribution in [1.29, 1.82) is 0 Å². The third kappa shape index (κ3) is 4.61. The first-order valence-corrected chi connectivity index (χ1v) is 8.45. The molecule has 1 aromatic heterocycles. The molecule has 2 aromatic carbocycles. The second-order valence-corrected chi connectivity index (χ2v) is 6.36. The van der Waals surface area contributed by atoms with Gasteiger partial charge in [-0.05, 0) is 35.4 Å². The van der Waals surface area contributed by atoms with Crippen molar-refractivity contribution in [1.82, 2.24) is 4.98 Å². The molecule has 3 aromatic rings. The fourth-order valence-electron chi connectivity index (χ4n) is 2.88. The molecule has 0 unspecified atom stereocenters. The Bertz CT molecular complexity index is 1090. The largest absolute Gasteiger partial charge is 0.416 e. The second-order valence-electron chi connectivity index (χ2n) is 6.36. The Morgan fingerprint density at radius 1 is 0.867 bits per heavy atom. The molecule has 0 radical (unpaired) electrons. The zero-order chi connectivity index (χ0) is 22.1. The topological polar surface area (TPSA) is 24.9 Å². The molecule has 0 aliphatic rings. The third-order valence-corrected chi connectivity index (χ3v) is 4.26. The van der Waals surface area contributed by atoms with Gasteiger partial charge in [-0.1, -0.05) is 18.7 Å². The molecular formula is C21H13F7N2. The van der Waals surface area contributed by atoms with Crippen molar-refractivity contribution in [3.8, 4) is 0 Å². The SMILES string of the molecule is C=C(Nc1ccc(Cc2ccc(F)cc2C(F)(F)F)c(F)c1)c1c(F)cncc1F. The smallest absolute Gasteiger partial charge is 0.355 e. The van der Waals surface area contributed by atoms with Crippen molar-refractivity contribution in [2.45, 2.75) is 12.6 Å². The number of nitrogens with one attached hydrogen (secondary N) is 1. The van der Waals surface area contributed by atoms with Gasteiger partial charge in [-0.2, -0.15) is 13.2 Å². The molecule has 0 saturated heterocycles. The average molecular weight is 426 g/mol. The van der Waals surface area contributed by atoms with Gasteiger partial charge in [-0.3, -0.25) is 4.98 Å². The molecule has 1 N–H and O–H groups in total. The van der Waals surface area contributed by atoms with Gasteiger partial charge in [0.05, 0.1) is 23.5 Å². The van der Waals surface area contributed by atoms with Crippen molar-refractivity contribution >= 4 is 11.4 Å². The van der Waals surface area contributed by atoms with Crippen LogP contribution in [0.3, 0.4) is 0 Å². The molecule has 0 bridgehead atoms. The van der Waals surface area contributed by atoms with Gasteiger partial charge >= 0.3 is 6.18 Å². The maximum absolute atomic E-state index is 14.5. The lowest BCUT2D eigenvalue weighted by molar-refractivity contribution is -0.138. The summed E-state index contributed by atoms with van der Waals surface area (Å²) >= 11 is 0. The molecule has 0 amide bonds. The molecule has 0 spiro atoms. The van der Waals surface area contributed by atoms with Crippen LogP contribution >= 0.6 is 0 Å². The van der Waals surface area contributed by atoms with Crippen LogP contribution in [0.2, 0.25) is 0 Å². The normalized spacial score (nSPS) is 11.4. The van der Waals surface area contributed by atoms with Crippen LogP contribution in [0.15, 0.2) is 55.4 Å². The summed E-state index contributed by atoms with van der Waals surface area (Å²) in [4.78, 5) is 3.35. The van der Waals surface area contributed by atoms with Gasteiger partial charge in [0.2, 0.25) is 0 Å². The lowest BCUT2D eigenvalue weighted by atomic mass is 9.98. The predicted molar refractivity (Wildman–Crippen MR) is 97.4 cm³/mol. The average Bonchev–Trinajstić information content (AvgIpc) is 2.64. The van der Waals surface area contributed by atoms with Crippen molar-refractivity contribution in [2.75, 3.05) is 5.32 Å². The van der Waals surface area contributed by atoms with E-state index in [0.29, 0.717) is 6.07 Å². The highest BCUT2D eigenvalue weighted by atomic mass is 19.4. The lowest BCUT2D eigenvalue weighted by Crippen LogP contribution is -2.10. The van der Waals surface area contributed by atoms with Gasteiger partial charge in [-0.15, -0.1) is 0 Å². The Labute approximate surface area is 166 Å². The molecule has 2 nitrogen and oxygen atoms in total. The quantitative estimate of drug-likeness (QED) is 0.483. The number of pyridine rings is 1. The summed E-state index contributed by atoms with van der Waals surface area (Å²) in [5.41, 5.74) is -2.17. The van der Waals surface area contributed by atoms with E-state index in [2.05, 4.69) is 16.9 Å². The van der Waals surface area contributed by atoms with Crippen LogP contribution < -0.4 is 5.32 Å². The number of hydrogen-bond donors (Lipinski definition) is 1. The van der Waals surface area contributed by atoms with Crippen molar-refractivity contribution in [2.24, 2.45) is 0 Å². The van der Waals surface area contributed by atoms with Gasteiger partial charge < -0.3 is 5.32 Å². The van der Waals surface area contributed by atoms with Gasteiger partial charge in [-0.25, -0.2) is 17.6 Å². The van der Waals surface area contributed by atoms with E-state index in [1.165, 1.54) is 12.1 Å². The van der Waals surface area contributed by atoms with Gasteiger partial charge in [0, 0.05) is 17.8 Å². The zero-order valence-corrected chi connectivity index (χ0v) is 15.1. The summed E-state index contributed by atoms with van der Waals surface area (Å²) in [6, 6.07) is 5.64. The Morgan fingerprint density at radius 2 is 1.50 bits per heavy atom. The Morgan fingerprint density at radius 3 is 2.10 bits per heavy atom. The number of benzene rings is 2. The number of rotatable bonds is 5. The van der Waals surface area contributed by atoms with Crippen LogP contribution in [0.1, 0.15) is 22.3 Å². The molecule has 156 valence electrons. The van der Waals surface area contributed by atoms with Crippen molar-refractivity contribution in [3.05, 3.63) is 101 Å². The van der Waals surface area contributed by atoms with E-state index in [1.54, 1.807) is 0 Å². The number of anilines is 1. The van der Waals surface area contributed by atoms with Crippen LogP contribution in [-0.4, -0.2) is 4.98 Å². The summed E-state index contributed by atoms with van der Waals surface area (Å²) in [6.07, 6.45) is -3.66. The first kappa shape index (κ1) is 21.4. The predicted octanol–water partition coefficient (Wildman–Crippen LogP) is 6.33. The summed E-state index contributed by atoms with van der Waals surface area (Å²) in [6.45, 7) is 3.51. The molecule has 0 fully saturated rings. The zero-order valence-electron chi connectivity index (χ0n) is 15.1. The Balaban J connectivity index is 1.84. The molecule has 1 heterocycles. The third-order valence-electron chi connectivity index (χ3n) is 4.26. The highest BCUT2D eigenvalue weighted by molar-refractivity contribution is 5.75. The maximum Gasteiger partial charge on any atom is 0.416 e. The monoisotopic (exact) mass is 426 g/mol. The van der Waals surface area contributed by atoms with E-state index in [-0.39, 0.29) is 22.5 Å². The standard InChI is InChI=1S/C21H13F7N2/c1-11(20-18(24)9-29-10-19(20)25)30-15-5-3-13(17(23)8-15)6-12-2-4-14(22)7-16(12)21(26,27)28/h2-5,7-10,30H,1,6H2. The molecule has 0 aliphatic heterocycles. The van der Waals surface area contributed by atoms with Crippen LogP contribution in [0, 0.1) is 23.3 Å². The summed E-state index contributed by atoms with van der Waals surface area (Å²) < 4.78 is 94.6. The highest BCUT2D eigenvalue weighted by Crippen LogP contribution is 2.34. The first-order chi connectivity index (χ1) is 14.1. The number of hydrogen-bond acceptors (Lipinski definition) is 2. The number of alkyl halides is 3. The Kier molecular flexibility index (Phi) is 5.82. The van der Waals surface area contributed by atoms with Crippen LogP contribution in [0.4, 0.5) is 36.4 Å². The first-order valence-electron chi connectivity index (χ1n) is 8.45. The van der Waals surface area contributed by atoms with E-state index in [9.17, 15) is 30.7 Å². The van der Waals surface area contributed by atoms with Crippen molar-refractivity contribution in [3.63, 3.8) is 0 Å². The van der Waals surface area contributed by atoms with E-state index >= 15 is 0 Å². The molecule has 9 heteroatoms. The lowest BCUT2D eigenvalue weighted by Gasteiger charge is -2.15. The highest BCUT2D eigenvalue weighted by Gasteiger charge is 2.33. The molecule has 3 rings (SSSR count).